The SMILES string of the molecule is CN(CCc1cccs1)c1nc2c(cc1C(=O)O)CCC2. The van der Waals surface area contributed by atoms with Crippen LogP contribution in [-0.2, 0) is 19.3 Å². The predicted molar refractivity (Wildman–Crippen MR) is 84.5 cm³/mol. The molecule has 110 valence electrons. The summed E-state index contributed by atoms with van der Waals surface area (Å²) in [5, 5.41) is 11.5. The van der Waals surface area contributed by atoms with E-state index in [1.54, 1.807) is 11.3 Å². The number of nitrogens with zero attached hydrogens (tertiary/aromatic N) is 2. The molecular weight excluding hydrogens is 284 g/mol. The molecule has 4 nitrogen and oxygen atoms in total. The molecule has 0 aromatic carbocycles. The second-order valence-electron chi connectivity index (χ2n) is 5.37. The van der Waals surface area contributed by atoms with Gasteiger partial charge in [-0.05, 0) is 48.8 Å². The number of rotatable bonds is 5. The van der Waals surface area contributed by atoms with Crippen LogP contribution in [0.3, 0.4) is 0 Å². The first kappa shape index (κ1) is 14.1. The van der Waals surface area contributed by atoms with Gasteiger partial charge in [-0.1, -0.05) is 6.07 Å². The first-order valence-electron chi connectivity index (χ1n) is 7.15. The second kappa shape index (κ2) is 5.85. The van der Waals surface area contributed by atoms with E-state index in [1.165, 1.54) is 4.88 Å². The first-order chi connectivity index (χ1) is 10.1. The lowest BCUT2D eigenvalue weighted by Gasteiger charge is -2.20. The fourth-order valence-corrected chi connectivity index (χ4v) is 3.45. The van der Waals surface area contributed by atoms with Crippen LogP contribution in [-0.4, -0.2) is 29.7 Å². The number of carbonyl (C=O) groups is 1. The van der Waals surface area contributed by atoms with Crippen molar-refractivity contribution in [3.8, 4) is 0 Å². The molecule has 2 aromatic heterocycles. The molecule has 0 amide bonds. The molecule has 0 fully saturated rings. The standard InChI is InChI=1S/C16H18N2O2S/c1-18(8-7-12-5-3-9-21-12)15-13(16(19)20)10-11-4-2-6-14(11)17-15/h3,5,9-10H,2,4,6-8H2,1H3,(H,19,20). The van der Waals surface area contributed by atoms with Crippen LogP contribution in [0.5, 0.6) is 0 Å². The summed E-state index contributed by atoms with van der Waals surface area (Å²) in [6, 6.07) is 5.96. The molecular formula is C16H18N2O2S. The summed E-state index contributed by atoms with van der Waals surface area (Å²) in [7, 11) is 1.92. The molecule has 1 N–H and O–H groups in total. The van der Waals surface area contributed by atoms with Gasteiger partial charge in [0, 0.05) is 24.2 Å². The van der Waals surface area contributed by atoms with Crippen molar-refractivity contribution < 1.29 is 9.90 Å². The van der Waals surface area contributed by atoms with Gasteiger partial charge in [-0.25, -0.2) is 9.78 Å². The molecule has 0 bridgehead atoms. The Kier molecular flexibility index (Phi) is 3.92. The number of pyridine rings is 1. The minimum atomic E-state index is -0.893. The van der Waals surface area contributed by atoms with E-state index in [0.29, 0.717) is 11.4 Å². The van der Waals surface area contributed by atoms with Gasteiger partial charge in [-0.3, -0.25) is 0 Å². The number of likely N-dealkylation sites (N-methyl/N-ethyl adjacent to an activating group) is 1. The minimum Gasteiger partial charge on any atom is -0.478 e. The van der Waals surface area contributed by atoms with Gasteiger partial charge in [0.05, 0.1) is 0 Å². The number of anilines is 1. The van der Waals surface area contributed by atoms with Crippen LogP contribution < -0.4 is 4.90 Å². The van der Waals surface area contributed by atoms with Crippen LogP contribution >= 0.6 is 11.3 Å². The summed E-state index contributed by atoms with van der Waals surface area (Å²) in [6.07, 6.45) is 3.89. The zero-order valence-electron chi connectivity index (χ0n) is 12.0. The smallest absolute Gasteiger partial charge is 0.339 e. The molecule has 0 spiro atoms. The van der Waals surface area contributed by atoms with Crippen molar-refractivity contribution in [2.45, 2.75) is 25.7 Å². The van der Waals surface area contributed by atoms with Gasteiger partial charge in [-0.2, -0.15) is 0 Å². The number of carboxylic acids is 1. The normalized spacial score (nSPS) is 13.2. The average Bonchev–Trinajstić information content (AvgIpc) is 3.13. The van der Waals surface area contributed by atoms with Gasteiger partial charge in [0.1, 0.15) is 11.4 Å². The van der Waals surface area contributed by atoms with Crippen molar-refractivity contribution in [2.24, 2.45) is 0 Å². The zero-order valence-corrected chi connectivity index (χ0v) is 12.8. The van der Waals surface area contributed by atoms with E-state index in [4.69, 9.17) is 0 Å². The van der Waals surface area contributed by atoms with Crippen molar-refractivity contribution in [2.75, 3.05) is 18.5 Å². The molecule has 2 aromatic rings. The lowest BCUT2D eigenvalue weighted by atomic mass is 10.1. The molecule has 0 saturated heterocycles. The molecule has 0 unspecified atom stereocenters. The van der Waals surface area contributed by atoms with E-state index in [2.05, 4.69) is 16.4 Å². The molecule has 1 aliphatic rings. The molecule has 21 heavy (non-hydrogen) atoms. The van der Waals surface area contributed by atoms with Crippen molar-refractivity contribution in [3.05, 3.63) is 45.3 Å². The highest BCUT2D eigenvalue weighted by molar-refractivity contribution is 7.09. The Morgan fingerprint density at radius 2 is 2.33 bits per heavy atom. The third kappa shape index (κ3) is 2.93. The molecule has 0 saturated carbocycles. The number of carboxylic acid groups (broad SMARTS) is 1. The molecule has 3 rings (SSSR count). The van der Waals surface area contributed by atoms with Crippen LogP contribution in [0.2, 0.25) is 0 Å². The third-order valence-corrected chi connectivity index (χ3v) is 4.83. The van der Waals surface area contributed by atoms with Crippen molar-refractivity contribution in [1.29, 1.82) is 0 Å². The van der Waals surface area contributed by atoms with Gasteiger partial charge in [-0.15, -0.1) is 11.3 Å². The van der Waals surface area contributed by atoms with E-state index >= 15 is 0 Å². The predicted octanol–water partition coefficient (Wildman–Crippen LogP) is 3.01. The summed E-state index contributed by atoms with van der Waals surface area (Å²) in [6.45, 7) is 0.770. The van der Waals surface area contributed by atoms with Crippen molar-refractivity contribution in [3.63, 3.8) is 0 Å². The summed E-state index contributed by atoms with van der Waals surface area (Å²) >= 11 is 1.73. The lowest BCUT2D eigenvalue weighted by molar-refractivity contribution is 0.0697. The fourth-order valence-electron chi connectivity index (χ4n) is 2.75. The Labute approximate surface area is 128 Å². The number of hydrogen-bond donors (Lipinski definition) is 1. The second-order valence-corrected chi connectivity index (χ2v) is 6.41. The summed E-state index contributed by atoms with van der Waals surface area (Å²) < 4.78 is 0. The summed E-state index contributed by atoms with van der Waals surface area (Å²) in [5.74, 6) is -0.296. The maximum atomic E-state index is 11.5. The number of fused-ring (bicyclic) bond motifs is 1. The molecule has 5 heteroatoms. The zero-order chi connectivity index (χ0) is 14.8. The first-order valence-corrected chi connectivity index (χ1v) is 8.02. The van der Waals surface area contributed by atoms with E-state index in [0.717, 1.165) is 43.5 Å². The molecule has 2 heterocycles. The Morgan fingerprint density at radius 1 is 1.48 bits per heavy atom. The van der Waals surface area contributed by atoms with Crippen LogP contribution in [0.15, 0.2) is 23.6 Å². The van der Waals surface area contributed by atoms with E-state index < -0.39 is 5.97 Å². The van der Waals surface area contributed by atoms with Gasteiger partial charge >= 0.3 is 5.97 Å². The highest BCUT2D eigenvalue weighted by Gasteiger charge is 2.21. The highest BCUT2D eigenvalue weighted by Crippen LogP contribution is 2.27. The van der Waals surface area contributed by atoms with Gasteiger partial charge < -0.3 is 10.0 Å². The Hall–Kier alpha value is -1.88. The van der Waals surface area contributed by atoms with Crippen LogP contribution in [0, 0.1) is 0 Å². The molecule has 0 aliphatic heterocycles. The van der Waals surface area contributed by atoms with Gasteiger partial charge in [0.25, 0.3) is 0 Å². The fraction of sp³-hybridized carbons (Fsp3) is 0.375. The highest BCUT2D eigenvalue weighted by atomic mass is 32.1. The number of aromatic nitrogens is 1. The number of aryl methyl sites for hydroxylation is 2. The van der Waals surface area contributed by atoms with Gasteiger partial charge in [0.15, 0.2) is 0 Å². The maximum Gasteiger partial charge on any atom is 0.339 e. The average molecular weight is 302 g/mol. The molecule has 0 radical (unpaired) electrons. The molecule has 0 atom stereocenters. The monoisotopic (exact) mass is 302 g/mol. The largest absolute Gasteiger partial charge is 0.478 e. The van der Waals surface area contributed by atoms with Crippen molar-refractivity contribution >= 4 is 23.1 Å². The van der Waals surface area contributed by atoms with Gasteiger partial charge in [0.2, 0.25) is 0 Å². The van der Waals surface area contributed by atoms with E-state index in [1.807, 2.05) is 24.1 Å². The minimum absolute atomic E-state index is 0.323. The lowest BCUT2D eigenvalue weighted by Crippen LogP contribution is -2.24. The summed E-state index contributed by atoms with van der Waals surface area (Å²) in [4.78, 5) is 19.4. The Morgan fingerprint density at radius 3 is 3.05 bits per heavy atom. The van der Waals surface area contributed by atoms with Crippen LogP contribution in [0.1, 0.15) is 32.9 Å². The Bertz CT molecular complexity index is 653. The quantitative estimate of drug-likeness (QED) is 0.922. The number of thiophene rings is 1. The Balaban J connectivity index is 1.84. The van der Waals surface area contributed by atoms with Crippen molar-refractivity contribution in [1.82, 2.24) is 4.98 Å². The number of aromatic carboxylic acids is 1. The number of hydrogen-bond acceptors (Lipinski definition) is 4. The molecule has 1 aliphatic carbocycles. The van der Waals surface area contributed by atoms with E-state index in [9.17, 15) is 9.90 Å². The van der Waals surface area contributed by atoms with Crippen LogP contribution in [0.4, 0.5) is 5.82 Å². The van der Waals surface area contributed by atoms with E-state index in [-0.39, 0.29) is 0 Å². The topological polar surface area (TPSA) is 53.4 Å². The summed E-state index contributed by atoms with van der Waals surface area (Å²) in [5.41, 5.74) is 2.49. The third-order valence-electron chi connectivity index (χ3n) is 3.90. The maximum absolute atomic E-state index is 11.5. The van der Waals surface area contributed by atoms with Crippen LogP contribution in [0.25, 0.3) is 0 Å².